The molecule has 0 aliphatic rings. The van der Waals surface area contributed by atoms with Crippen molar-refractivity contribution in [3.8, 4) is 0 Å². The van der Waals surface area contributed by atoms with Crippen molar-refractivity contribution in [2.75, 3.05) is 27.4 Å². The first kappa shape index (κ1) is 12.9. The van der Waals surface area contributed by atoms with Gasteiger partial charge in [-0.25, -0.2) is 0 Å². The summed E-state index contributed by atoms with van der Waals surface area (Å²) in [6.07, 6.45) is -0.00560. The monoisotopic (exact) mass is 204 g/mol. The van der Waals surface area contributed by atoms with E-state index in [2.05, 4.69) is 4.74 Å². The van der Waals surface area contributed by atoms with Gasteiger partial charge < -0.3 is 14.2 Å². The number of esters is 2. The van der Waals surface area contributed by atoms with Crippen LogP contribution >= 0.6 is 0 Å². The van der Waals surface area contributed by atoms with E-state index in [4.69, 9.17) is 9.47 Å². The van der Waals surface area contributed by atoms with Crippen molar-refractivity contribution in [1.82, 2.24) is 0 Å². The Labute approximate surface area is 83.3 Å². The van der Waals surface area contributed by atoms with Crippen LogP contribution in [0.3, 0.4) is 0 Å². The molecule has 1 atom stereocenters. The van der Waals surface area contributed by atoms with E-state index in [1.807, 2.05) is 0 Å². The average molecular weight is 204 g/mol. The maximum Gasteiger partial charge on any atom is 0.311 e. The van der Waals surface area contributed by atoms with Crippen LogP contribution in [0.25, 0.3) is 0 Å². The summed E-state index contributed by atoms with van der Waals surface area (Å²) in [5.74, 6) is -1.45. The zero-order valence-corrected chi connectivity index (χ0v) is 8.74. The van der Waals surface area contributed by atoms with E-state index in [1.165, 1.54) is 14.2 Å². The molecule has 0 rings (SSSR count). The van der Waals surface area contributed by atoms with Crippen LogP contribution in [0.4, 0.5) is 0 Å². The molecular formula is C9H16O5. The minimum Gasteiger partial charge on any atom is -0.469 e. The van der Waals surface area contributed by atoms with Crippen LogP contribution < -0.4 is 0 Å². The second-order valence-electron chi connectivity index (χ2n) is 2.68. The molecule has 14 heavy (non-hydrogen) atoms. The predicted octanol–water partition coefficient (Wildman–Crippen LogP) is 0.375. The van der Waals surface area contributed by atoms with Crippen molar-refractivity contribution < 1.29 is 23.8 Å². The highest BCUT2D eigenvalue weighted by molar-refractivity contribution is 5.79. The fourth-order valence-electron chi connectivity index (χ4n) is 0.999. The first-order valence-electron chi connectivity index (χ1n) is 4.38. The molecule has 0 saturated heterocycles. The van der Waals surface area contributed by atoms with Crippen molar-refractivity contribution in [2.24, 2.45) is 5.92 Å². The molecule has 0 aromatic heterocycles. The van der Waals surface area contributed by atoms with Gasteiger partial charge in [-0.05, 0) is 6.92 Å². The Hall–Kier alpha value is -1.10. The second kappa shape index (κ2) is 7.32. The highest BCUT2D eigenvalue weighted by Gasteiger charge is 2.23. The highest BCUT2D eigenvalue weighted by Crippen LogP contribution is 2.07. The van der Waals surface area contributed by atoms with Gasteiger partial charge in [0.1, 0.15) is 0 Å². The summed E-state index contributed by atoms with van der Waals surface area (Å²) in [6.45, 7) is 2.17. The molecule has 0 fully saturated rings. The van der Waals surface area contributed by atoms with Gasteiger partial charge in [0, 0.05) is 7.11 Å². The summed E-state index contributed by atoms with van der Waals surface area (Å²) in [5.41, 5.74) is 0. The Morgan fingerprint density at radius 1 is 1.29 bits per heavy atom. The predicted molar refractivity (Wildman–Crippen MR) is 48.6 cm³/mol. The van der Waals surface area contributed by atoms with Gasteiger partial charge in [0.25, 0.3) is 0 Å². The fourth-order valence-corrected chi connectivity index (χ4v) is 0.999. The van der Waals surface area contributed by atoms with Gasteiger partial charge >= 0.3 is 11.9 Å². The molecule has 0 spiro atoms. The van der Waals surface area contributed by atoms with Gasteiger partial charge in [0.15, 0.2) is 0 Å². The summed E-state index contributed by atoms with van der Waals surface area (Å²) in [5, 5.41) is 0. The minimum absolute atomic E-state index is 0.00560. The van der Waals surface area contributed by atoms with Gasteiger partial charge in [0.2, 0.25) is 0 Å². The lowest BCUT2D eigenvalue weighted by Gasteiger charge is -2.12. The summed E-state index contributed by atoms with van der Waals surface area (Å²) in [6, 6.07) is 0. The normalized spacial score (nSPS) is 11.9. The number of carbonyl (C=O) groups excluding carboxylic acids is 2. The van der Waals surface area contributed by atoms with Crippen molar-refractivity contribution in [3.63, 3.8) is 0 Å². The van der Waals surface area contributed by atoms with Crippen LogP contribution in [0.5, 0.6) is 0 Å². The van der Waals surface area contributed by atoms with Gasteiger partial charge in [0.05, 0.1) is 32.7 Å². The molecule has 82 valence electrons. The number of methoxy groups -OCH3 is 2. The molecule has 0 radical (unpaired) electrons. The Morgan fingerprint density at radius 3 is 2.36 bits per heavy atom. The van der Waals surface area contributed by atoms with Crippen LogP contribution in [-0.2, 0) is 23.8 Å². The Bertz CT molecular complexity index is 190. The molecule has 0 amide bonds. The van der Waals surface area contributed by atoms with E-state index < -0.39 is 17.9 Å². The summed E-state index contributed by atoms with van der Waals surface area (Å²) >= 11 is 0. The fraction of sp³-hybridized carbons (Fsp3) is 0.778. The van der Waals surface area contributed by atoms with Crippen LogP contribution in [0, 0.1) is 5.92 Å². The first-order chi connectivity index (χ1) is 6.65. The number of carbonyl (C=O) groups is 2. The molecule has 0 aromatic rings. The molecule has 0 N–H and O–H groups in total. The number of hydrogen-bond acceptors (Lipinski definition) is 5. The maximum atomic E-state index is 11.1. The Kier molecular flexibility index (Phi) is 6.74. The lowest BCUT2D eigenvalue weighted by Crippen LogP contribution is -2.25. The summed E-state index contributed by atoms with van der Waals surface area (Å²) in [7, 11) is 2.73. The van der Waals surface area contributed by atoms with Gasteiger partial charge in [-0.15, -0.1) is 0 Å². The van der Waals surface area contributed by atoms with E-state index in [1.54, 1.807) is 6.92 Å². The van der Waals surface area contributed by atoms with Crippen LogP contribution in [0.1, 0.15) is 13.3 Å². The number of ether oxygens (including phenoxy) is 3. The molecule has 0 aliphatic carbocycles. The van der Waals surface area contributed by atoms with Gasteiger partial charge in [-0.2, -0.15) is 0 Å². The summed E-state index contributed by atoms with van der Waals surface area (Å²) < 4.78 is 14.0. The molecular weight excluding hydrogens is 188 g/mol. The lowest BCUT2D eigenvalue weighted by molar-refractivity contribution is -0.154. The largest absolute Gasteiger partial charge is 0.469 e. The topological polar surface area (TPSA) is 61.8 Å². The van der Waals surface area contributed by atoms with E-state index >= 15 is 0 Å². The Morgan fingerprint density at radius 2 is 1.93 bits per heavy atom. The molecule has 0 heterocycles. The molecule has 5 nitrogen and oxygen atoms in total. The third-order valence-electron chi connectivity index (χ3n) is 1.62. The Balaban J connectivity index is 4.08. The summed E-state index contributed by atoms with van der Waals surface area (Å²) in [4.78, 5) is 22.2. The number of hydrogen-bond donors (Lipinski definition) is 0. The highest BCUT2D eigenvalue weighted by atomic mass is 16.5. The van der Waals surface area contributed by atoms with E-state index in [9.17, 15) is 9.59 Å². The first-order valence-corrected chi connectivity index (χ1v) is 4.38. The molecule has 0 bridgehead atoms. The standard InChI is InChI=1S/C9H16O5/c1-4-14-8(10)5-7(6-12-2)9(11)13-3/h7H,4-6H2,1-3H3. The quantitative estimate of drug-likeness (QED) is 0.585. The molecule has 1 unspecified atom stereocenters. The smallest absolute Gasteiger partial charge is 0.311 e. The molecule has 5 heteroatoms. The maximum absolute atomic E-state index is 11.1. The van der Waals surface area contributed by atoms with Crippen molar-refractivity contribution in [3.05, 3.63) is 0 Å². The van der Waals surface area contributed by atoms with E-state index in [-0.39, 0.29) is 13.0 Å². The molecule has 0 aromatic carbocycles. The zero-order valence-electron chi connectivity index (χ0n) is 8.74. The van der Waals surface area contributed by atoms with Crippen molar-refractivity contribution in [2.45, 2.75) is 13.3 Å². The number of rotatable bonds is 6. The van der Waals surface area contributed by atoms with Gasteiger partial charge in [-0.1, -0.05) is 0 Å². The van der Waals surface area contributed by atoms with Gasteiger partial charge in [-0.3, -0.25) is 9.59 Å². The van der Waals surface area contributed by atoms with Crippen molar-refractivity contribution in [1.29, 1.82) is 0 Å². The molecule has 0 saturated carbocycles. The minimum atomic E-state index is -0.580. The van der Waals surface area contributed by atoms with Crippen LogP contribution in [0.2, 0.25) is 0 Å². The van der Waals surface area contributed by atoms with Crippen molar-refractivity contribution >= 4 is 11.9 Å². The van der Waals surface area contributed by atoms with Crippen LogP contribution in [-0.4, -0.2) is 39.4 Å². The zero-order chi connectivity index (χ0) is 11.0. The SMILES string of the molecule is CCOC(=O)CC(COC)C(=O)OC. The van der Waals surface area contributed by atoms with Crippen LogP contribution in [0.15, 0.2) is 0 Å². The lowest BCUT2D eigenvalue weighted by atomic mass is 10.1. The molecule has 0 aliphatic heterocycles. The average Bonchev–Trinajstić information content (AvgIpc) is 2.16. The second-order valence-corrected chi connectivity index (χ2v) is 2.68. The third-order valence-corrected chi connectivity index (χ3v) is 1.62. The third kappa shape index (κ3) is 4.81. The van der Waals surface area contributed by atoms with E-state index in [0.29, 0.717) is 6.61 Å². The van der Waals surface area contributed by atoms with E-state index in [0.717, 1.165) is 0 Å².